The molecule has 1 aliphatic carbocycles. The summed E-state index contributed by atoms with van der Waals surface area (Å²) in [5.74, 6) is -0.456. The molecule has 2 aliphatic rings. The highest BCUT2D eigenvalue weighted by Crippen LogP contribution is 2.42. The average Bonchev–Trinajstić information content (AvgIpc) is 3.44. The lowest BCUT2D eigenvalue weighted by Gasteiger charge is -2.20. The number of esters is 1. The smallest absolute Gasteiger partial charge is 0.326 e. The van der Waals surface area contributed by atoms with Crippen molar-refractivity contribution >= 4 is 17.9 Å². The topological polar surface area (TPSA) is 115 Å². The lowest BCUT2D eigenvalue weighted by atomic mass is 9.96. The van der Waals surface area contributed by atoms with Crippen molar-refractivity contribution in [1.29, 1.82) is 0 Å². The number of urea groups is 1. The van der Waals surface area contributed by atoms with Gasteiger partial charge in [-0.1, -0.05) is 36.3 Å². The molecule has 1 aromatic carbocycles. The summed E-state index contributed by atoms with van der Waals surface area (Å²) in [7, 11) is 0. The van der Waals surface area contributed by atoms with E-state index in [9.17, 15) is 14.4 Å². The summed E-state index contributed by atoms with van der Waals surface area (Å²) in [6.45, 7) is 3.08. The molecule has 1 N–H and O–H groups in total. The molecule has 4 rings (SSSR count). The second kappa shape index (κ2) is 7.31. The predicted octanol–water partition coefficient (Wildman–Crippen LogP) is 2.06. The highest BCUT2D eigenvalue weighted by molar-refractivity contribution is 6.08. The van der Waals surface area contributed by atoms with Crippen molar-refractivity contribution in [3.8, 4) is 11.4 Å². The van der Waals surface area contributed by atoms with Gasteiger partial charge in [-0.3, -0.25) is 14.5 Å². The highest BCUT2D eigenvalue weighted by atomic mass is 16.6. The molecular weight excluding hydrogens is 376 g/mol. The molecule has 9 nitrogen and oxygen atoms in total. The molecule has 2 aromatic rings. The van der Waals surface area contributed by atoms with E-state index in [2.05, 4.69) is 22.4 Å². The number of hydrogen-bond donors (Lipinski definition) is 1. The summed E-state index contributed by atoms with van der Waals surface area (Å²) in [6, 6.07) is 7.19. The maximum atomic E-state index is 12.5. The molecule has 1 saturated carbocycles. The van der Waals surface area contributed by atoms with Crippen LogP contribution in [0.1, 0.15) is 38.1 Å². The predicted molar refractivity (Wildman–Crippen MR) is 100 cm³/mol. The lowest BCUT2D eigenvalue weighted by Crippen LogP contribution is -2.46. The zero-order chi connectivity index (χ0) is 20.6. The molecule has 1 aromatic heterocycles. The Kier molecular flexibility index (Phi) is 4.81. The summed E-state index contributed by atoms with van der Waals surface area (Å²) in [5, 5.41) is 6.58. The Hall–Kier alpha value is -3.23. The number of hydrogen-bond acceptors (Lipinski definition) is 7. The van der Waals surface area contributed by atoms with E-state index < -0.39 is 30.0 Å². The number of benzene rings is 1. The second-order valence-corrected chi connectivity index (χ2v) is 7.52. The van der Waals surface area contributed by atoms with Crippen molar-refractivity contribution in [2.45, 2.75) is 45.3 Å². The van der Waals surface area contributed by atoms with E-state index in [1.807, 2.05) is 24.3 Å². The van der Waals surface area contributed by atoms with Crippen molar-refractivity contribution in [2.75, 3.05) is 6.54 Å². The third-order valence-electron chi connectivity index (χ3n) is 5.43. The van der Waals surface area contributed by atoms with Crippen LogP contribution in [0.15, 0.2) is 28.8 Å². The number of aromatic nitrogens is 2. The van der Waals surface area contributed by atoms with E-state index in [0.29, 0.717) is 5.82 Å². The molecular formula is C20H22N4O5. The van der Waals surface area contributed by atoms with Gasteiger partial charge in [0.1, 0.15) is 12.1 Å². The van der Waals surface area contributed by atoms with Crippen LogP contribution in [-0.4, -0.2) is 45.0 Å². The summed E-state index contributed by atoms with van der Waals surface area (Å²) in [5.41, 5.74) is 1.07. The van der Waals surface area contributed by atoms with Crippen LogP contribution in [-0.2, 0) is 27.4 Å². The van der Waals surface area contributed by atoms with Crippen molar-refractivity contribution in [2.24, 2.45) is 5.92 Å². The quantitative estimate of drug-likeness (QED) is 0.561. The fourth-order valence-corrected chi connectivity index (χ4v) is 3.43. The summed E-state index contributed by atoms with van der Waals surface area (Å²) in [6.07, 6.45) is 2.72. The van der Waals surface area contributed by atoms with Crippen LogP contribution in [0.5, 0.6) is 0 Å². The third-order valence-corrected chi connectivity index (χ3v) is 5.43. The van der Waals surface area contributed by atoms with Crippen molar-refractivity contribution in [3.63, 3.8) is 0 Å². The van der Waals surface area contributed by atoms with Crippen molar-refractivity contribution in [1.82, 2.24) is 20.4 Å². The van der Waals surface area contributed by atoms with Gasteiger partial charge in [-0.15, -0.1) is 0 Å². The number of aryl methyl sites for hydroxylation is 1. The maximum absolute atomic E-state index is 12.5. The summed E-state index contributed by atoms with van der Waals surface area (Å²) in [4.78, 5) is 41.9. The number of carbonyl (C=O) groups is 3. The van der Waals surface area contributed by atoms with E-state index in [1.54, 1.807) is 6.92 Å². The molecule has 0 unspecified atom stereocenters. The average molecular weight is 398 g/mol. The molecule has 0 spiro atoms. The van der Waals surface area contributed by atoms with Gasteiger partial charge in [0.2, 0.25) is 5.82 Å². The molecule has 0 bridgehead atoms. The molecule has 1 atom stereocenters. The van der Waals surface area contributed by atoms with Gasteiger partial charge in [0.15, 0.2) is 6.61 Å². The minimum absolute atomic E-state index is 0.128. The Morgan fingerprint density at radius 3 is 2.69 bits per heavy atom. The minimum Gasteiger partial charge on any atom is -0.454 e. The van der Waals surface area contributed by atoms with E-state index >= 15 is 0 Å². The molecule has 9 heteroatoms. The zero-order valence-electron chi connectivity index (χ0n) is 16.3. The Labute approximate surface area is 167 Å². The van der Waals surface area contributed by atoms with Crippen LogP contribution in [0.3, 0.4) is 0 Å². The molecule has 3 amide bonds. The van der Waals surface area contributed by atoms with Crippen LogP contribution in [0.4, 0.5) is 4.79 Å². The molecule has 2 heterocycles. The largest absolute Gasteiger partial charge is 0.454 e. The van der Waals surface area contributed by atoms with Gasteiger partial charge >= 0.3 is 12.0 Å². The van der Waals surface area contributed by atoms with Crippen molar-refractivity contribution in [3.05, 3.63) is 35.7 Å². The lowest BCUT2D eigenvalue weighted by molar-refractivity contribution is -0.149. The third kappa shape index (κ3) is 3.72. The minimum atomic E-state index is -0.925. The fraction of sp³-hybridized carbons (Fsp3) is 0.450. The van der Waals surface area contributed by atoms with E-state index in [1.165, 1.54) is 5.56 Å². The van der Waals surface area contributed by atoms with Crippen LogP contribution >= 0.6 is 0 Å². The Morgan fingerprint density at radius 1 is 1.31 bits per heavy atom. The first-order chi connectivity index (χ1) is 13.9. The van der Waals surface area contributed by atoms with Crippen molar-refractivity contribution < 1.29 is 23.6 Å². The number of rotatable bonds is 7. The Morgan fingerprint density at radius 2 is 2.03 bits per heavy atom. The molecule has 0 radical (unpaired) electrons. The highest BCUT2D eigenvalue weighted by Gasteiger charge is 2.56. The summed E-state index contributed by atoms with van der Waals surface area (Å²) < 4.78 is 10.2. The second-order valence-electron chi connectivity index (χ2n) is 7.52. The van der Waals surface area contributed by atoms with Gasteiger partial charge < -0.3 is 14.6 Å². The first-order valence-electron chi connectivity index (χ1n) is 9.62. The monoisotopic (exact) mass is 398 g/mol. The first kappa shape index (κ1) is 19.1. The molecule has 2 fully saturated rings. The number of ether oxygens (including phenoxy) is 1. The number of amides is 3. The number of nitrogens with zero attached hydrogens (tertiary/aromatic N) is 3. The normalized spacial score (nSPS) is 21.4. The van der Waals surface area contributed by atoms with Crippen LogP contribution in [0.2, 0.25) is 0 Å². The summed E-state index contributed by atoms with van der Waals surface area (Å²) >= 11 is 0. The Bertz CT molecular complexity index is 950. The Balaban J connectivity index is 1.32. The number of imide groups is 1. The van der Waals surface area contributed by atoms with E-state index in [-0.39, 0.29) is 18.4 Å². The molecule has 1 saturated heterocycles. The molecule has 1 aliphatic heterocycles. The fourth-order valence-electron chi connectivity index (χ4n) is 3.43. The van der Waals surface area contributed by atoms with Gasteiger partial charge in [0.25, 0.3) is 11.8 Å². The first-order valence-corrected chi connectivity index (χ1v) is 9.62. The molecule has 152 valence electrons. The van der Waals surface area contributed by atoms with Gasteiger partial charge in [-0.05, 0) is 37.7 Å². The number of nitrogens with one attached hydrogen (secondary N) is 1. The maximum Gasteiger partial charge on any atom is 0.326 e. The van der Waals surface area contributed by atoms with E-state index in [0.717, 1.165) is 29.7 Å². The van der Waals surface area contributed by atoms with Gasteiger partial charge in [-0.25, -0.2) is 4.79 Å². The standard InChI is InChI=1S/C20H22N4O5/c1-3-12-4-6-13(7-5-12)17-21-15(29-23-17)11-28-16(25)10-24-18(26)20(2,14-8-9-14)22-19(24)27/h4-7,14H,3,8-11H2,1-2H3,(H,22,27)/t20-/m1/s1. The zero-order valence-corrected chi connectivity index (χ0v) is 16.3. The van der Waals surface area contributed by atoms with Crippen LogP contribution in [0, 0.1) is 5.92 Å². The molecule has 29 heavy (non-hydrogen) atoms. The van der Waals surface area contributed by atoms with Gasteiger partial charge in [-0.2, -0.15) is 4.98 Å². The SMILES string of the molecule is CCc1ccc(-c2noc(COC(=O)CN3C(=O)N[C@](C)(C4CC4)C3=O)n2)cc1. The van der Waals surface area contributed by atoms with E-state index in [4.69, 9.17) is 9.26 Å². The van der Waals surface area contributed by atoms with Gasteiger partial charge in [0, 0.05) is 5.56 Å². The van der Waals surface area contributed by atoms with Crippen LogP contribution in [0.25, 0.3) is 11.4 Å². The number of carbonyl (C=O) groups excluding carboxylic acids is 3. The van der Waals surface area contributed by atoms with Crippen LogP contribution < -0.4 is 5.32 Å². The van der Waals surface area contributed by atoms with Gasteiger partial charge in [0.05, 0.1) is 0 Å².